The predicted octanol–water partition coefficient (Wildman–Crippen LogP) is 6.49. The first-order valence-electron chi connectivity index (χ1n) is 12.8. The Morgan fingerprint density at radius 3 is 2.45 bits per heavy atom. The van der Waals surface area contributed by atoms with Crippen LogP contribution in [0.3, 0.4) is 0 Å². The molecule has 2 aliphatic heterocycles. The summed E-state index contributed by atoms with van der Waals surface area (Å²) in [6, 6.07) is 23.5. The van der Waals surface area contributed by atoms with Crippen LogP contribution in [-0.4, -0.2) is 46.1 Å². The average molecular weight is 634 g/mol. The van der Waals surface area contributed by atoms with Gasteiger partial charge in [0, 0.05) is 31.8 Å². The van der Waals surface area contributed by atoms with Gasteiger partial charge in [-0.2, -0.15) is 5.10 Å². The molecule has 1 unspecified atom stereocenters. The lowest BCUT2D eigenvalue weighted by Crippen LogP contribution is -2.36. The highest BCUT2D eigenvalue weighted by Gasteiger charge is 2.36. The SMILES string of the molecule is O=C(CN1CCCC1)N1N=C(c2c(-c3ccccc3)c3cc(Br)ccc3[nH]c2=O)CC1c1cccc(Br)c1. The fourth-order valence-electron chi connectivity index (χ4n) is 5.51. The van der Waals surface area contributed by atoms with Crippen molar-refractivity contribution in [2.75, 3.05) is 19.6 Å². The number of carbonyl (C=O) groups is 1. The van der Waals surface area contributed by atoms with E-state index >= 15 is 0 Å². The van der Waals surface area contributed by atoms with Crippen LogP contribution in [0.5, 0.6) is 0 Å². The Hall–Kier alpha value is -3.07. The number of H-pyrrole nitrogens is 1. The molecule has 4 aromatic rings. The molecule has 0 bridgehead atoms. The van der Waals surface area contributed by atoms with Gasteiger partial charge in [0.2, 0.25) is 0 Å². The third-order valence-electron chi connectivity index (χ3n) is 7.28. The molecule has 0 aliphatic carbocycles. The van der Waals surface area contributed by atoms with Gasteiger partial charge in [0.25, 0.3) is 11.5 Å². The minimum absolute atomic E-state index is 0.0481. The summed E-state index contributed by atoms with van der Waals surface area (Å²) in [7, 11) is 0. The van der Waals surface area contributed by atoms with Crippen molar-refractivity contribution in [1.82, 2.24) is 14.9 Å². The van der Waals surface area contributed by atoms with Crippen LogP contribution in [0.4, 0.5) is 0 Å². The number of pyridine rings is 1. The molecule has 1 fully saturated rings. The van der Waals surface area contributed by atoms with E-state index in [1.807, 2.05) is 72.8 Å². The van der Waals surface area contributed by atoms with E-state index in [0.29, 0.717) is 24.2 Å². The molecule has 8 heteroatoms. The monoisotopic (exact) mass is 632 g/mol. The van der Waals surface area contributed by atoms with Crippen molar-refractivity contribution < 1.29 is 4.79 Å². The van der Waals surface area contributed by atoms with E-state index in [4.69, 9.17) is 5.10 Å². The lowest BCUT2D eigenvalue weighted by Gasteiger charge is -2.24. The molecule has 1 amide bonds. The van der Waals surface area contributed by atoms with E-state index in [1.54, 1.807) is 5.01 Å². The second-order valence-electron chi connectivity index (χ2n) is 9.80. The minimum atomic E-state index is -0.293. The number of aromatic nitrogens is 1. The zero-order valence-corrected chi connectivity index (χ0v) is 23.8. The zero-order valence-electron chi connectivity index (χ0n) is 20.7. The molecule has 1 aromatic heterocycles. The largest absolute Gasteiger partial charge is 0.321 e. The summed E-state index contributed by atoms with van der Waals surface area (Å²) in [6.45, 7) is 2.18. The molecule has 0 spiro atoms. The van der Waals surface area contributed by atoms with Crippen LogP contribution in [0.1, 0.15) is 36.4 Å². The van der Waals surface area contributed by atoms with Crippen LogP contribution in [0.2, 0.25) is 0 Å². The minimum Gasteiger partial charge on any atom is -0.321 e. The van der Waals surface area contributed by atoms with Gasteiger partial charge in [-0.3, -0.25) is 14.5 Å². The number of aromatic amines is 1. The van der Waals surface area contributed by atoms with E-state index in [1.165, 1.54) is 0 Å². The van der Waals surface area contributed by atoms with Gasteiger partial charge < -0.3 is 4.98 Å². The Kier molecular flexibility index (Phi) is 7.03. The van der Waals surface area contributed by atoms with E-state index in [2.05, 4.69) is 41.7 Å². The fraction of sp³-hybridized carbons (Fsp3) is 0.233. The molecule has 2 aliphatic rings. The normalized spacial score (nSPS) is 17.8. The van der Waals surface area contributed by atoms with Gasteiger partial charge in [-0.25, -0.2) is 5.01 Å². The van der Waals surface area contributed by atoms with Crippen molar-refractivity contribution in [2.45, 2.75) is 25.3 Å². The standard InChI is InChI=1S/C30H26Br2N4O2/c31-21-10-6-9-20(15-21)26-17-25(34-36(26)27(37)18-35-13-4-5-14-35)29-28(19-7-2-1-3-8-19)23-16-22(32)11-12-24(23)33-30(29)38/h1-3,6-12,15-16,26H,4-5,13-14,17-18H2,(H,33,38). The van der Waals surface area contributed by atoms with Crippen molar-refractivity contribution in [3.63, 3.8) is 0 Å². The van der Waals surface area contributed by atoms with Crippen LogP contribution >= 0.6 is 31.9 Å². The number of hydrazone groups is 1. The summed E-state index contributed by atoms with van der Waals surface area (Å²) in [6.07, 6.45) is 2.67. The number of nitrogens with zero attached hydrogens (tertiary/aromatic N) is 3. The third-order valence-corrected chi connectivity index (χ3v) is 8.27. The first-order chi connectivity index (χ1) is 18.5. The van der Waals surface area contributed by atoms with Gasteiger partial charge in [0.05, 0.1) is 23.9 Å². The fourth-order valence-corrected chi connectivity index (χ4v) is 6.29. The number of rotatable bonds is 5. The number of hydrogen-bond donors (Lipinski definition) is 1. The smallest absolute Gasteiger partial charge is 0.258 e. The summed E-state index contributed by atoms with van der Waals surface area (Å²) in [5.74, 6) is -0.0481. The van der Waals surface area contributed by atoms with E-state index < -0.39 is 0 Å². The highest BCUT2D eigenvalue weighted by Crippen LogP contribution is 2.38. The van der Waals surface area contributed by atoms with Crippen LogP contribution in [0.15, 0.2) is 91.6 Å². The van der Waals surface area contributed by atoms with Crippen LogP contribution in [0, 0.1) is 0 Å². The van der Waals surface area contributed by atoms with Gasteiger partial charge in [0.15, 0.2) is 0 Å². The Labute approximate surface area is 237 Å². The molecule has 1 atom stereocenters. The van der Waals surface area contributed by atoms with E-state index in [-0.39, 0.29) is 17.5 Å². The van der Waals surface area contributed by atoms with E-state index in [9.17, 15) is 9.59 Å². The Balaban J connectivity index is 1.51. The number of benzene rings is 3. The Morgan fingerprint density at radius 1 is 0.921 bits per heavy atom. The molecule has 192 valence electrons. The molecule has 3 aromatic carbocycles. The number of carbonyl (C=O) groups excluding carboxylic acids is 1. The van der Waals surface area contributed by atoms with Crippen molar-refractivity contribution >= 4 is 54.4 Å². The first-order valence-corrected chi connectivity index (χ1v) is 14.4. The topological polar surface area (TPSA) is 68.8 Å². The number of fused-ring (bicyclic) bond motifs is 1. The van der Waals surface area contributed by atoms with Crippen LogP contribution in [0.25, 0.3) is 22.0 Å². The molecule has 3 heterocycles. The summed E-state index contributed by atoms with van der Waals surface area (Å²) < 4.78 is 1.86. The number of halogens is 2. The molecule has 6 rings (SSSR count). The zero-order chi connectivity index (χ0) is 26.2. The second-order valence-corrected chi connectivity index (χ2v) is 11.6. The molecule has 1 saturated heterocycles. The van der Waals surface area contributed by atoms with Gasteiger partial charge >= 0.3 is 0 Å². The maximum absolute atomic E-state index is 13.7. The quantitative estimate of drug-likeness (QED) is 0.273. The van der Waals surface area contributed by atoms with Crippen LogP contribution < -0.4 is 5.56 Å². The summed E-state index contributed by atoms with van der Waals surface area (Å²) in [5.41, 5.74) is 4.41. The second kappa shape index (κ2) is 10.6. The lowest BCUT2D eigenvalue weighted by atomic mass is 9.91. The number of amides is 1. The Bertz CT molecular complexity index is 1610. The van der Waals surface area contributed by atoms with Gasteiger partial charge in [0.1, 0.15) is 0 Å². The molecule has 38 heavy (non-hydrogen) atoms. The van der Waals surface area contributed by atoms with Crippen molar-refractivity contribution in [1.29, 1.82) is 0 Å². The summed E-state index contributed by atoms with van der Waals surface area (Å²) in [4.78, 5) is 32.5. The molecule has 0 saturated carbocycles. The van der Waals surface area contributed by atoms with Gasteiger partial charge in [-0.1, -0.05) is 74.3 Å². The molecule has 0 radical (unpaired) electrons. The van der Waals surface area contributed by atoms with Gasteiger partial charge in [-0.15, -0.1) is 0 Å². The summed E-state index contributed by atoms with van der Waals surface area (Å²) >= 11 is 7.17. The summed E-state index contributed by atoms with van der Waals surface area (Å²) in [5, 5.41) is 7.42. The first kappa shape index (κ1) is 25.2. The van der Waals surface area contributed by atoms with E-state index in [0.717, 1.165) is 62.5 Å². The third kappa shape index (κ3) is 4.88. The molecule has 6 nitrogen and oxygen atoms in total. The molecule has 1 N–H and O–H groups in total. The number of nitrogens with one attached hydrogen (secondary N) is 1. The molecular formula is C30H26Br2N4O2. The highest BCUT2D eigenvalue weighted by molar-refractivity contribution is 9.10. The number of hydrogen-bond acceptors (Lipinski definition) is 4. The lowest BCUT2D eigenvalue weighted by molar-refractivity contribution is -0.134. The maximum atomic E-state index is 13.7. The highest BCUT2D eigenvalue weighted by atomic mass is 79.9. The predicted molar refractivity (Wildman–Crippen MR) is 158 cm³/mol. The Morgan fingerprint density at radius 2 is 1.68 bits per heavy atom. The van der Waals surface area contributed by atoms with Crippen molar-refractivity contribution in [3.05, 3.63) is 103 Å². The van der Waals surface area contributed by atoms with Crippen LogP contribution in [-0.2, 0) is 4.79 Å². The van der Waals surface area contributed by atoms with Gasteiger partial charge in [-0.05, 0) is 67.4 Å². The average Bonchev–Trinajstić information content (AvgIpc) is 3.59. The van der Waals surface area contributed by atoms with Crippen molar-refractivity contribution in [2.24, 2.45) is 5.10 Å². The number of likely N-dealkylation sites (tertiary alicyclic amines) is 1. The maximum Gasteiger partial charge on any atom is 0.258 e. The molecular weight excluding hydrogens is 608 g/mol. The van der Waals surface area contributed by atoms with Crippen molar-refractivity contribution in [3.8, 4) is 11.1 Å².